The zero-order valence-corrected chi connectivity index (χ0v) is 13.9. The Morgan fingerprint density at radius 1 is 1.24 bits per heavy atom. The second-order valence-electron chi connectivity index (χ2n) is 6.07. The number of hydrogen-bond donors (Lipinski definition) is 0. The van der Waals surface area contributed by atoms with Crippen molar-refractivity contribution >= 4 is 13.1 Å². The molecule has 1 aliphatic rings. The lowest BCUT2D eigenvalue weighted by atomic mass is 9.78. The zero-order valence-electron chi connectivity index (χ0n) is 13.9. The van der Waals surface area contributed by atoms with E-state index in [1.165, 1.54) is 7.11 Å². The van der Waals surface area contributed by atoms with Crippen molar-refractivity contribution in [2.45, 2.75) is 52.2 Å². The van der Waals surface area contributed by atoms with E-state index in [1.54, 1.807) is 12.2 Å². The number of hydrogen-bond acceptors (Lipinski definition) is 4. The molecular formula is C16H25BO4. The molecule has 0 aliphatic carbocycles. The molecule has 0 aromatic rings. The first-order chi connectivity index (χ1) is 9.64. The molecule has 0 bridgehead atoms. The van der Waals surface area contributed by atoms with Gasteiger partial charge in [0.05, 0.1) is 23.9 Å². The monoisotopic (exact) mass is 292 g/mol. The van der Waals surface area contributed by atoms with Gasteiger partial charge in [0.1, 0.15) is 0 Å². The predicted octanol–water partition coefficient (Wildman–Crippen LogP) is 3.24. The molecule has 0 unspecified atom stereocenters. The molecule has 1 saturated heterocycles. The highest BCUT2D eigenvalue weighted by Gasteiger charge is 2.51. The summed E-state index contributed by atoms with van der Waals surface area (Å²) in [5.74, 6) is -0.405. The Labute approximate surface area is 128 Å². The molecule has 116 valence electrons. The van der Waals surface area contributed by atoms with Gasteiger partial charge in [0, 0.05) is 0 Å². The van der Waals surface area contributed by atoms with E-state index in [-0.39, 0.29) is 0 Å². The first kappa shape index (κ1) is 17.7. The average molecular weight is 292 g/mol. The van der Waals surface area contributed by atoms with Crippen molar-refractivity contribution in [3.05, 3.63) is 35.9 Å². The summed E-state index contributed by atoms with van der Waals surface area (Å²) in [6.07, 6.45) is 6.10. The molecule has 0 radical (unpaired) electrons. The Kier molecular flexibility index (Phi) is 5.59. The van der Waals surface area contributed by atoms with Crippen LogP contribution < -0.4 is 0 Å². The number of methoxy groups -OCH3 is 1. The smallest absolute Gasteiger partial charge is 0.465 e. The lowest BCUT2D eigenvalue weighted by molar-refractivity contribution is -0.135. The van der Waals surface area contributed by atoms with Crippen LogP contribution in [0.1, 0.15) is 41.0 Å². The maximum Gasteiger partial charge on any atom is 0.494 e. The van der Waals surface area contributed by atoms with Crippen LogP contribution in [0.3, 0.4) is 0 Å². The van der Waals surface area contributed by atoms with Gasteiger partial charge in [-0.3, -0.25) is 0 Å². The zero-order chi connectivity index (χ0) is 16.3. The van der Waals surface area contributed by atoms with Crippen LogP contribution in [0.4, 0.5) is 0 Å². The van der Waals surface area contributed by atoms with Gasteiger partial charge in [-0.2, -0.15) is 0 Å². The summed E-state index contributed by atoms with van der Waals surface area (Å²) in [5, 5.41) is 0. The third kappa shape index (κ3) is 4.08. The quantitative estimate of drug-likeness (QED) is 0.338. The van der Waals surface area contributed by atoms with Crippen LogP contribution in [0.15, 0.2) is 35.9 Å². The second-order valence-corrected chi connectivity index (χ2v) is 6.07. The third-order valence-electron chi connectivity index (χ3n) is 3.85. The molecule has 1 heterocycles. The molecule has 0 aromatic carbocycles. The van der Waals surface area contributed by atoms with Crippen LogP contribution >= 0.6 is 0 Å². The van der Waals surface area contributed by atoms with E-state index in [0.717, 1.165) is 6.42 Å². The predicted molar refractivity (Wildman–Crippen MR) is 84.8 cm³/mol. The normalized spacial score (nSPS) is 20.9. The third-order valence-corrected chi connectivity index (χ3v) is 3.85. The Morgan fingerprint density at radius 3 is 2.19 bits per heavy atom. The van der Waals surface area contributed by atoms with Crippen molar-refractivity contribution in [1.82, 2.24) is 0 Å². The standard InChI is InChI=1S/C16H25BO4/c1-8-9-10-13(14(18)19-7)11-12(2)17-20-15(3,4)16(5,6)21-17/h9-11H,2,8H2,1,3-7H3/b10-9-,13-11+. The first-order valence-corrected chi connectivity index (χ1v) is 7.15. The van der Waals surface area contributed by atoms with E-state index in [1.807, 2.05) is 40.7 Å². The number of carbonyl (C=O) groups excluding carboxylic acids is 1. The largest absolute Gasteiger partial charge is 0.494 e. The molecule has 0 spiro atoms. The maximum atomic E-state index is 11.8. The minimum atomic E-state index is -0.565. The van der Waals surface area contributed by atoms with Crippen LogP contribution in [0, 0.1) is 0 Å². The van der Waals surface area contributed by atoms with Gasteiger partial charge in [-0.15, -0.1) is 0 Å². The Balaban J connectivity index is 2.94. The SMILES string of the molecule is C=C(/C=C(\C=C/CC)C(=O)OC)B1OC(C)(C)C(C)(C)O1. The van der Waals surface area contributed by atoms with E-state index >= 15 is 0 Å². The molecule has 1 rings (SSSR count). The fraction of sp³-hybridized carbons (Fsp3) is 0.562. The van der Waals surface area contributed by atoms with Crippen molar-refractivity contribution in [1.29, 1.82) is 0 Å². The Hall–Kier alpha value is -1.33. The fourth-order valence-corrected chi connectivity index (χ4v) is 1.80. The number of esters is 1. The Bertz CT molecular complexity index is 459. The summed E-state index contributed by atoms with van der Waals surface area (Å²) in [5.41, 5.74) is 0.159. The number of rotatable bonds is 5. The van der Waals surface area contributed by atoms with Crippen LogP contribution in [-0.4, -0.2) is 31.4 Å². The summed E-state index contributed by atoms with van der Waals surface area (Å²) in [7, 11) is 0.790. The van der Waals surface area contributed by atoms with Crippen LogP contribution in [0.5, 0.6) is 0 Å². The molecule has 1 fully saturated rings. The topological polar surface area (TPSA) is 44.8 Å². The summed E-state index contributed by atoms with van der Waals surface area (Å²) in [4.78, 5) is 11.8. The molecule has 0 atom stereocenters. The van der Waals surface area contributed by atoms with Crippen LogP contribution in [0.2, 0.25) is 0 Å². The molecule has 0 aromatic heterocycles. The summed E-state index contributed by atoms with van der Waals surface area (Å²) in [6.45, 7) is 13.9. The van der Waals surface area contributed by atoms with E-state index in [2.05, 4.69) is 6.58 Å². The highest BCUT2D eigenvalue weighted by molar-refractivity contribution is 6.55. The van der Waals surface area contributed by atoms with E-state index in [0.29, 0.717) is 11.0 Å². The van der Waals surface area contributed by atoms with Gasteiger partial charge in [-0.25, -0.2) is 4.79 Å². The second kappa shape index (κ2) is 6.63. The molecule has 0 N–H and O–H groups in total. The first-order valence-electron chi connectivity index (χ1n) is 7.15. The fourth-order valence-electron chi connectivity index (χ4n) is 1.80. The lowest BCUT2D eigenvalue weighted by Gasteiger charge is -2.32. The number of allylic oxidation sites excluding steroid dienone is 3. The summed E-state index contributed by atoms with van der Waals surface area (Å²) < 4.78 is 16.6. The van der Waals surface area contributed by atoms with Crippen LogP contribution in [0.25, 0.3) is 0 Å². The van der Waals surface area contributed by atoms with Gasteiger partial charge in [0.2, 0.25) is 0 Å². The number of carbonyl (C=O) groups is 1. The van der Waals surface area contributed by atoms with Crippen molar-refractivity contribution in [3.8, 4) is 0 Å². The molecule has 5 heteroatoms. The highest BCUT2D eigenvalue weighted by atomic mass is 16.7. The van der Waals surface area contributed by atoms with E-state index < -0.39 is 24.3 Å². The van der Waals surface area contributed by atoms with Gasteiger partial charge < -0.3 is 14.0 Å². The maximum absolute atomic E-state index is 11.8. The van der Waals surface area contributed by atoms with Crippen LogP contribution in [-0.2, 0) is 18.8 Å². The molecule has 21 heavy (non-hydrogen) atoms. The van der Waals surface area contributed by atoms with E-state index in [9.17, 15) is 4.79 Å². The average Bonchev–Trinajstić information content (AvgIpc) is 2.62. The molecule has 0 amide bonds. The molecule has 0 saturated carbocycles. The molecule has 1 aliphatic heterocycles. The lowest BCUT2D eigenvalue weighted by Crippen LogP contribution is -2.41. The van der Waals surface area contributed by atoms with Gasteiger partial charge in [0.25, 0.3) is 0 Å². The van der Waals surface area contributed by atoms with Gasteiger partial charge in [0.15, 0.2) is 0 Å². The van der Waals surface area contributed by atoms with Crippen molar-refractivity contribution in [2.24, 2.45) is 0 Å². The van der Waals surface area contributed by atoms with Crippen molar-refractivity contribution < 1.29 is 18.8 Å². The summed E-state index contributed by atoms with van der Waals surface area (Å²) in [6, 6.07) is 0. The molecule has 4 nitrogen and oxygen atoms in total. The van der Waals surface area contributed by atoms with Gasteiger partial charge >= 0.3 is 13.1 Å². The van der Waals surface area contributed by atoms with Gasteiger partial charge in [-0.1, -0.05) is 25.7 Å². The highest BCUT2D eigenvalue weighted by Crippen LogP contribution is 2.38. The van der Waals surface area contributed by atoms with Crippen molar-refractivity contribution in [2.75, 3.05) is 7.11 Å². The number of ether oxygens (including phenoxy) is 1. The van der Waals surface area contributed by atoms with E-state index in [4.69, 9.17) is 14.0 Å². The summed E-state index contributed by atoms with van der Waals surface area (Å²) >= 11 is 0. The Morgan fingerprint density at radius 2 is 1.76 bits per heavy atom. The molecular weight excluding hydrogens is 267 g/mol. The minimum Gasteiger partial charge on any atom is -0.465 e. The minimum absolute atomic E-state index is 0.405. The van der Waals surface area contributed by atoms with Crippen molar-refractivity contribution in [3.63, 3.8) is 0 Å². The van der Waals surface area contributed by atoms with Gasteiger partial charge in [-0.05, 0) is 45.7 Å².